The summed E-state index contributed by atoms with van der Waals surface area (Å²) in [6.45, 7) is 2.15. The number of fused-ring (bicyclic) bond motifs is 1. The summed E-state index contributed by atoms with van der Waals surface area (Å²) in [5.74, 6) is 0. The van der Waals surface area contributed by atoms with E-state index in [1.165, 1.54) is 15.8 Å². The van der Waals surface area contributed by atoms with Gasteiger partial charge in [-0.15, -0.1) is 0 Å². The summed E-state index contributed by atoms with van der Waals surface area (Å²) in [4.78, 5) is 0. The van der Waals surface area contributed by atoms with E-state index < -0.39 is 0 Å². The lowest BCUT2D eigenvalue weighted by atomic mass is 10.2. The molecule has 1 heterocycles. The maximum Gasteiger partial charge on any atom is 0.226 e. The number of thiazole rings is 1. The predicted octanol–water partition coefficient (Wildman–Crippen LogP) is -0.962. The van der Waals surface area contributed by atoms with E-state index >= 15 is 0 Å². The number of hydrogen-bond acceptors (Lipinski definition) is 1. The minimum absolute atomic E-state index is 0. The first-order valence-electron chi connectivity index (χ1n) is 3.61. The minimum Gasteiger partial charge on any atom is -1.00 e. The second-order valence-corrected chi connectivity index (χ2v) is 3.64. The molecule has 0 radical (unpaired) electrons. The zero-order valence-electron chi connectivity index (χ0n) is 7.04. The fraction of sp³-hybridized carbons (Fsp3) is 0.222. The molecule has 0 saturated carbocycles. The molecule has 0 bridgehead atoms. The summed E-state index contributed by atoms with van der Waals surface area (Å²) < 4.78 is 3.54. The molecule has 1 aromatic heterocycles. The second-order valence-electron chi connectivity index (χ2n) is 2.76. The van der Waals surface area contributed by atoms with Crippen molar-refractivity contribution in [3.8, 4) is 0 Å². The van der Waals surface area contributed by atoms with Crippen molar-refractivity contribution >= 4 is 21.6 Å². The molecule has 2 aromatic rings. The fourth-order valence-corrected chi connectivity index (χ4v) is 2.32. The van der Waals surface area contributed by atoms with E-state index in [0.29, 0.717) is 0 Å². The Morgan fingerprint density at radius 2 is 2.08 bits per heavy atom. The van der Waals surface area contributed by atoms with Crippen LogP contribution in [-0.2, 0) is 7.05 Å². The Morgan fingerprint density at radius 3 is 2.75 bits per heavy atom. The highest BCUT2D eigenvalue weighted by molar-refractivity contribution is 7.16. The van der Waals surface area contributed by atoms with E-state index in [1.807, 2.05) is 0 Å². The van der Waals surface area contributed by atoms with Crippen molar-refractivity contribution in [3.05, 3.63) is 29.3 Å². The largest absolute Gasteiger partial charge is 1.00 e. The van der Waals surface area contributed by atoms with Gasteiger partial charge in [0.2, 0.25) is 11.0 Å². The summed E-state index contributed by atoms with van der Waals surface area (Å²) in [5.41, 5.74) is 4.85. The van der Waals surface area contributed by atoms with Gasteiger partial charge in [0.25, 0.3) is 0 Å². The van der Waals surface area contributed by atoms with E-state index in [1.54, 1.807) is 11.3 Å². The highest BCUT2D eigenvalue weighted by atomic mass is 79.9. The van der Waals surface area contributed by atoms with Crippen molar-refractivity contribution < 1.29 is 21.5 Å². The summed E-state index contributed by atoms with van der Waals surface area (Å²) in [7, 11) is 2.09. The maximum atomic E-state index is 2.18. The number of aromatic nitrogens is 1. The van der Waals surface area contributed by atoms with E-state index in [2.05, 4.69) is 42.2 Å². The molecule has 0 amide bonds. The van der Waals surface area contributed by atoms with Gasteiger partial charge in [0, 0.05) is 5.56 Å². The third-order valence-electron chi connectivity index (χ3n) is 1.89. The van der Waals surface area contributed by atoms with E-state index in [4.69, 9.17) is 0 Å². The molecule has 12 heavy (non-hydrogen) atoms. The molecule has 0 N–H and O–H groups in total. The second kappa shape index (κ2) is 3.54. The van der Waals surface area contributed by atoms with Gasteiger partial charge in [-0.2, -0.15) is 4.57 Å². The number of para-hydroxylation sites is 1. The Balaban J connectivity index is 0.000000720. The van der Waals surface area contributed by atoms with Crippen LogP contribution in [-0.4, -0.2) is 0 Å². The zero-order chi connectivity index (χ0) is 7.84. The summed E-state index contributed by atoms with van der Waals surface area (Å²) in [6.07, 6.45) is 0. The molecule has 1 aromatic carbocycles. The minimum atomic E-state index is 0. The molecule has 3 heteroatoms. The first kappa shape index (κ1) is 9.68. The predicted molar refractivity (Wildman–Crippen MR) is 47.7 cm³/mol. The van der Waals surface area contributed by atoms with Crippen LogP contribution >= 0.6 is 11.3 Å². The van der Waals surface area contributed by atoms with Gasteiger partial charge in [-0.05, 0) is 13.0 Å². The molecular formula is C9H10BrNS. The van der Waals surface area contributed by atoms with Crippen LogP contribution < -0.4 is 21.5 Å². The first-order valence-corrected chi connectivity index (χ1v) is 4.49. The molecule has 1 nitrogen and oxygen atoms in total. The van der Waals surface area contributed by atoms with Crippen molar-refractivity contribution in [2.45, 2.75) is 6.92 Å². The van der Waals surface area contributed by atoms with Gasteiger partial charge < -0.3 is 17.0 Å². The summed E-state index contributed by atoms with van der Waals surface area (Å²) in [6, 6.07) is 6.41. The smallest absolute Gasteiger partial charge is 0.226 e. The highest BCUT2D eigenvalue weighted by Gasteiger charge is 2.08. The fourth-order valence-electron chi connectivity index (χ4n) is 1.37. The van der Waals surface area contributed by atoms with Gasteiger partial charge in [0.1, 0.15) is 11.7 Å². The van der Waals surface area contributed by atoms with Crippen LogP contribution in [0.25, 0.3) is 10.2 Å². The van der Waals surface area contributed by atoms with Crippen LogP contribution in [0.3, 0.4) is 0 Å². The van der Waals surface area contributed by atoms with Crippen molar-refractivity contribution in [1.82, 2.24) is 0 Å². The average Bonchev–Trinajstić information content (AvgIpc) is 2.34. The number of hydrogen-bond donors (Lipinski definition) is 0. The van der Waals surface area contributed by atoms with Crippen LogP contribution in [0.15, 0.2) is 23.7 Å². The maximum absolute atomic E-state index is 2.18. The van der Waals surface area contributed by atoms with Crippen molar-refractivity contribution in [1.29, 1.82) is 0 Å². The molecule has 0 aliphatic carbocycles. The lowest BCUT2D eigenvalue weighted by Crippen LogP contribution is -3.00. The van der Waals surface area contributed by atoms with E-state index in [9.17, 15) is 0 Å². The number of nitrogens with zero attached hydrogens (tertiary/aromatic N) is 1. The summed E-state index contributed by atoms with van der Waals surface area (Å²) >= 11 is 1.79. The molecule has 2 rings (SSSR count). The Labute approximate surface area is 86.4 Å². The molecule has 64 valence electrons. The van der Waals surface area contributed by atoms with E-state index in [0.717, 1.165) is 0 Å². The van der Waals surface area contributed by atoms with Gasteiger partial charge in [0.15, 0.2) is 0 Å². The topological polar surface area (TPSA) is 3.88 Å². The molecular weight excluding hydrogens is 234 g/mol. The van der Waals surface area contributed by atoms with Gasteiger partial charge in [0.05, 0.1) is 0 Å². The number of rotatable bonds is 0. The van der Waals surface area contributed by atoms with Crippen LogP contribution in [0.2, 0.25) is 0 Å². The molecule has 0 aliphatic rings. The van der Waals surface area contributed by atoms with Crippen molar-refractivity contribution in [2.24, 2.45) is 7.05 Å². The Bertz CT molecular complexity index is 394. The van der Waals surface area contributed by atoms with Gasteiger partial charge in [-0.1, -0.05) is 23.5 Å². The van der Waals surface area contributed by atoms with Gasteiger partial charge in [-0.25, -0.2) is 0 Å². The molecule has 0 aliphatic heterocycles. The van der Waals surface area contributed by atoms with Crippen LogP contribution in [0.5, 0.6) is 0 Å². The summed E-state index contributed by atoms with van der Waals surface area (Å²) in [5, 5.41) is 0. The van der Waals surface area contributed by atoms with Crippen LogP contribution in [0.4, 0.5) is 0 Å². The average molecular weight is 244 g/mol. The molecule has 0 fully saturated rings. The SMILES string of the molecule is Cc1cccc2sc[n+](C)c12.[Br-]. The standard InChI is InChI=1S/C9H10NS.BrH/c1-7-4-3-5-8-9(7)10(2)6-11-8;/h3-6H,1-2H3;1H/q+1;/p-1. The lowest BCUT2D eigenvalue weighted by molar-refractivity contribution is -0.640. The van der Waals surface area contributed by atoms with Gasteiger partial charge in [-0.3, -0.25) is 0 Å². The molecule has 0 spiro atoms. The van der Waals surface area contributed by atoms with E-state index in [-0.39, 0.29) is 17.0 Å². The highest BCUT2D eigenvalue weighted by Crippen LogP contribution is 2.18. The Morgan fingerprint density at radius 1 is 1.33 bits per heavy atom. The molecule has 0 atom stereocenters. The monoisotopic (exact) mass is 243 g/mol. The quantitative estimate of drug-likeness (QED) is 0.525. The number of halogens is 1. The van der Waals surface area contributed by atoms with Crippen molar-refractivity contribution in [3.63, 3.8) is 0 Å². The first-order chi connectivity index (χ1) is 5.29. The molecule has 0 saturated heterocycles. The number of benzene rings is 1. The van der Waals surface area contributed by atoms with Crippen molar-refractivity contribution in [2.75, 3.05) is 0 Å². The molecule has 0 unspecified atom stereocenters. The third kappa shape index (κ3) is 1.39. The van der Waals surface area contributed by atoms with Gasteiger partial charge >= 0.3 is 0 Å². The van der Waals surface area contributed by atoms with Crippen LogP contribution in [0, 0.1) is 6.92 Å². The van der Waals surface area contributed by atoms with Crippen LogP contribution in [0.1, 0.15) is 5.56 Å². The third-order valence-corrected chi connectivity index (χ3v) is 2.90. The normalized spacial score (nSPS) is 9.83. The Kier molecular flexibility index (Phi) is 2.85. The number of aryl methyl sites for hydroxylation is 2. The lowest BCUT2D eigenvalue weighted by Gasteiger charge is -1.89. The Hall–Kier alpha value is -0.410. The zero-order valence-corrected chi connectivity index (χ0v) is 9.45.